The van der Waals surface area contributed by atoms with Crippen LogP contribution in [0.1, 0.15) is 13.3 Å². The summed E-state index contributed by atoms with van der Waals surface area (Å²) in [5.41, 5.74) is 0. The minimum absolute atomic E-state index is 0.288. The maximum absolute atomic E-state index is 9.32. The van der Waals surface area contributed by atoms with Crippen LogP contribution < -0.4 is 0 Å². The van der Waals surface area contributed by atoms with Crippen LogP contribution in [0.3, 0.4) is 0 Å². The Morgan fingerprint density at radius 3 is 3.18 bits per heavy atom. The first-order valence-corrected chi connectivity index (χ1v) is 4.31. The maximum atomic E-state index is 9.32. The van der Waals surface area contributed by atoms with Gasteiger partial charge >= 0.3 is 0 Å². The van der Waals surface area contributed by atoms with Gasteiger partial charge in [-0.2, -0.15) is 0 Å². The molecule has 0 aromatic heterocycles. The first kappa shape index (κ1) is 8.97. The molecular weight excluding hydrogens is 142 g/mol. The standard InChI is InChI=1S/C8H17NO2/c1-2-3-9-4-5-11-7-8(10)6-9/h8,10H,2-7H2,1H3. The van der Waals surface area contributed by atoms with E-state index in [1.807, 2.05) is 0 Å². The number of hydrogen-bond donors (Lipinski definition) is 1. The zero-order valence-electron chi connectivity index (χ0n) is 7.12. The van der Waals surface area contributed by atoms with Crippen molar-refractivity contribution in [2.45, 2.75) is 19.4 Å². The lowest BCUT2D eigenvalue weighted by atomic mass is 10.3. The summed E-state index contributed by atoms with van der Waals surface area (Å²) in [7, 11) is 0. The maximum Gasteiger partial charge on any atom is 0.0900 e. The van der Waals surface area contributed by atoms with Crippen LogP contribution in [0.25, 0.3) is 0 Å². The summed E-state index contributed by atoms with van der Waals surface area (Å²) in [6, 6.07) is 0. The summed E-state index contributed by atoms with van der Waals surface area (Å²) >= 11 is 0. The summed E-state index contributed by atoms with van der Waals surface area (Å²) in [4.78, 5) is 2.25. The minimum atomic E-state index is -0.288. The largest absolute Gasteiger partial charge is 0.389 e. The van der Waals surface area contributed by atoms with Gasteiger partial charge in [0.2, 0.25) is 0 Å². The van der Waals surface area contributed by atoms with E-state index in [9.17, 15) is 5.11 Å². The highest BCUT2D eigenvalue weighted by molar-refractivity contribution is 4.66. The summed E-state index contributed by atoms with van der Waals surface area (Å²) in [6.45, 7) is 6.22. The van der Waals surface area contributed by atoms with Crippen molar-refractivity contribution in [3.63, 3.8) is 0 Å². The van der Waals surface area contributed by atoms with E-state index in [0.717, 1.165) is 32.7 Å². The predicted molar refractivity (Wildman–Crippen MR) is 43.6 cm³/mol. The molecule has 1 heterocycles. The number of nitrogens with zero attached hydrogens (tertiary/aromatic N) is 1. The van der Waals surface area contributed by atoms with Crippen LogP contribution in [-0.4, -0.2) is 49.0 Å². The van der Waals surface area contributed by atoms with Gasteiger partial charge in [0.05, 0.1) is 19.3 Å². The Balaban J connectivity index is 2.27. The molecule has 1 aliphatic rings. The van der Waals surface area contributed by atoms with Gasteiger partial charge in [0.15, 0.2) is 0 Å². The van der Waals surface area contributed by atoms with Crippen LogP contribution in [0.4, 0.5) is 0 Å². The normalized spacial score (nSPS) is 28.4. The molecule has 0 aliphatic carbocycles. The molecule has 11 heavy (non-hydrogen) atoms. The molecule has 0 bridgehead atoms. The van der Waals surface area contributed by atoms with Crippen molar-refractivity contribution in [3.05, 3.63) is 0 Å². The molecule has 0 aromatic carbocycles. The van der Waals surface area contributed by atoms with E-state index < -0.39 is 0 Å². The molecule has 0 saturated carbocycles. The quantitative estimate of drug-likeness (QED) is 0.620. The Morgan fingerprint density at radius 2 is 2.45 bits per heavy atom. The molecule has 66 valence electrons. The Bertz CT molecular complexity index is 108. The molecule has 1 rings (SSSR count). The van der Waals surface area contributed by atoms with Crippen LogP contribution in [0.2, 0.25) is 0 Å². The Morgan fingerprint density at radius 1 is 1.64 bits per heavy atom. The van der Waals surface area contributed by atoms with E-state index in [1.54, 1.807) is 0 Å². The first-order chi connectivity index (χ1) is 5.33. The second-order valence-electron chi connectivity index (χ2n) is 3.03. The zero-order chi connectivity index (χ0) is 8.10. The Labute approximate surface area is 68.0 Å². The lowest BCUT2D eigenvalue weighted by molar-refractivity contribution is 0.0565. The van der Waals surface area contributed by atoms with Gasteiger partial charge in [-0.15, -0.1) is 0 Å². The number of aliphatic hydroxyl groups excluding tert-OH is 1. The van der Waals surface area contributed by atoms with Gasteiger partial charge in [-0.1, -0.05) is 6.92 Å². The fourth-order valence-corrected chi connectivity index (χ4v) is 1.37. The molecule has 3 nitrogen and oxygen atoms in total. The van der Waals surface area contributed by atoms with Crippen LogP contribution in [0, 0.1) is 0 Å². The highest BCUT2D eigenvalue weighted by atomic mass is 16.5. The molecule has 1 N–H and O–H groups in total. The topological polar surface area (TPSA) is 32.7 Å². The Kier molecular flexibility index (Phi) is 3.83. The molecule has 1 atom stereocenters. The van der Waals surface area contributed by atoms with Crippen LogP contribution in [0.5, 0.6) is 0 Å². The van der Waals surface area contributed by atoms with E-state index in [0.29, 0.717) is 6.61 Å². The summed E-state index contributed by atoms with van der Waals surface area (Å²) in [6.07, 6.45) is 0.858. The highest BCUT2D eigenvalue weighted by Crippen LogP contribution is 2.00. The van der Waals surface area contributed by atoms with Crippen molar-refractivity contribution >= 4 is 0 Å². The van der Waals surface area contributed by atoms with Crippen molar-refractivity contribution in [1.29, 1.82) is 0 Å². The van der Waals surface area contributed by atoms with Gasteiger partial charge in [0, 0.05) is 13.1 Å². The third kappa shape index (κ3) is 3.18. The number of ether oxygens (including phenoxy) is 1. The van der Waals surface area contributed by atoms with Gasteiger partial charge < -0.3 is 9.84 Å². The Hall–Kier alpha value is -0.120. The molecule has 0 spiro atoms. The number of rotatable bonds is 2. The zero-order valence-corrected chi connectivity index (χ0v) is 7.12. The molecule has 1 unspecified atom stereocenters. The molecule has 1 fully saturated rings. The SMILES string of the molecule is CCCN1CCOCC(O)C1. The summed E-state index contributed by atoms with van der Waals surface area (Å²) in [5.74, 6) is 0. The van der Waals surface area contributed by atoms with Gasteiger partial charge in [-0.25, -0.2) is 0 Å². The smallest absolute Gasteiger partial charge is 0.0900 e. The van der Waals surface area contributed by atoms with Crippen molar-refractivity contribution in [2.75, 3.05) is 32.8 Å². The molecule has 1 aliphatic heterocycles. The molecule has 0 amide bonds. The molecule has 0 radical (unpaired) electrons. The molecular formula is C8H17NO2. The first-order valence-electron chi connectivity index (χ1n) is 4.31. The number of aliphatic hydroxyl groups is 1. The average Bonchev–Trinajstić information content (AvgIpc) is 2.15. The van der Waals surface area contributed by atoms with E-state index in [1.165, 1.54) is 0 Å². The van der Waals surface area contributed by atoms with E-state index in [2.05, 4.69) is 11.8 Å². The van der Waals surface area contributed by atoms with E-state index >= 15 is 0 Å². The summed E-state index contributed by atoms with van der Waals surface area (Å²) in [5, 5.41) is 9.32. The average molecular weight is 159 g/mol. The van der Waals surface area contributed by atoms with Gasteiger partial charge in [-0.3, -0.25) is 4.90 Å². The third-order valence-corrected chi connectivity index (χ3v) is 1.87. The fraction of sp³-hybridized carbons (Fsp3) is 1.00. The van der Waals surface area contributed by atoms with Crippen LogP contribution in [-0.2, 0) is 4.74 Å². The van der Waals surface area contributed by atoms with Crippen molar-refractivity contribution in [3.8, 4) is 0 Å². The van der Waals surface area contributed by atoms with Gasteiger partial charge in [0.25, 0.3) is 0 Å². The second kappa shape index (κ2) is 4.70. The van der Waals surface area contributed by atoms with Crippen LogP contribution in [0.15, 0.2) is 0 Å². The highest BCUT2D eigenvalue weighted by Gasteiger charge is 2.14. The van der Waals surface area contributed by atoms with Gasteiger partial charge in [0.1, 0.15) is 0 Å². The molecule has 0 aromatic rings. The van der Waals surface area contributed by atoms with Crippen LogP contribution >= 0.6 is 0 Å². The number of β-amino-alcohol motifs (C(OH)–C–C–N with tert-alkyl or cyclic N) is 1. The lowest BCUT2D eigenvalue weighted by Crippen LogP contribution is -2.33. The van der Waals surface area contributed by atoms with Crippen molar-refractivity contribution < 1.29 is 9.84 Å². The lowest BCUT2D eigenvalue weighted by Gasteiger charge is -2.19. The second-order valence-corrected chi connectivity index (χ2v) is 3.03. The minimum Gasteiger partial charge on any atom is -0.389 e. The van der Waals surface area contributed by atoms with Gasteiger partial charge in [-0.05, 0) is 13.0 Å². The molecule has 1 saturated heterocycles. The number of hydrogen-bond acceptors (Lipinski definition) is 3. The third-order valence-electron chi connectivity index (χ3n) is 1.87. The predicted octanol–water partition coefficient (Wildman–Crippen LogP) is 0.0895. The monoisotopic (exact) mass is 159 g/mol. The van der Waals surface area contributed by atoms with Crippen molar-refractivity contribution in [2.24, 2.45) is 0 Å². The summed E-state index contributed by atoms with van der Waals surface area (Å²) < 4.78 is 5.19. The van der Waals surface area contributed by atoms with E-state index in [-0.39, 0.29) is 6.10 Å². The van der Waals surface area contributed by atoms with E-state index in [4.69, 9.17) is 4.74 Å². The fourth-order valence-electron chi connectivity index (χ4n) is 1.37. The molecule has 3 heteroatoms. The van der Waals surface area contributed by atoms with Crippen molar-refractivity contribution in [1.82, 2.24) is 4.90 Å².